The number of amides is 2. The zero-order valence-electron chi connectivity index (χ0n) is 15.1. The lowest BCUT2D eigenvalue weighted by Gasteiger charge is -2.12. The molecule has 0 aliphatic carbocycles. The number of para-hydroxylation sites is 1. The van der Waals surface area contributed by atoms with Crippen LogP contribution in [0.3, 0.4) is 0 Å². The second-order valence-electron chi connectivity index (χ2n) is 5.87. The molecule has 0 heterocycles. The smallest absolute Gasteiger partial charge is 0.257 e. The van der Waals surface area contributed by atoms with Crippen molar-refractivity contribution >= 4 is 23.2 Å². The molecule has 3 aromatic carbocycles. The number of anilines is 2. The number of methoxy groups -OCH3 is 1. The molecule has 3 aromatic rings. The molecule has 0 unspecified atom stereocenters. The molecule has 0 aromatic heterocycles. The molecule has 2 amide bonds. The Balaban J connectivity index is 1.79. The van der Waals surface area contributed by atoms with Gasteiger partial charge in [0.1, 0.15) is 5.75 Å². The van der Waals surface area contributed by atoms with E-state index in [1.165, 1.54) is 0 Å². The summed E-state index contributed by atoms with van der Waals surface area (Å²) in [5.74, 6) is -0.0778. The predicted molar refractivity (Wildman–Crippen MR) is 106 cm³/mol. The first kappa shape index (κ1) is 18.7. The topological polar surface area (TPSA) is 91.2 Å². The quantitative estimate of drug-likeness (QED) is 0.707. The molecule has 0 radical (unpaired) electrons. The first-order valence-corrected chi connectivity index (χ1v) is 8.46. The van der Waals surface area contributed by atoms with E-state index in [9.17, 15) is 9.59 Å². The Bertz CT molecular complexity index is 1050. The van der Waals surface area contributed by atoms with E-state index in [1.807, 2.05) is 6.07 Å². The van der Waals surface area contributed by atoms with Gasteiger partial charge in [-0.2, -0.15) is 5.26 Å². The molecule has 0 fully saturated rings. The van der Waals surface area contributed by atoms with E-state index < -0.39 is 0 Å². The minimum absolute atomic E-state index is 0.312. The molecule has 0 atom stereocenters. The van der Waals surface area contributed by atoms with E-state index in [2.05, 4.69) is 10.6 Å². The van der Waals surface area contributed by atoms with Crippen LogP contribution in [0.4, 0.5) is 11.4 Å². The molecule has 2 N–H and O–H groups in total. The molecule has 3 rings (SSSR count). The molecular formula is C22H17N3O3. The molecular weight excluding hydrogens is 354 g/mol. The lowest BCUT2D eigenvalue weighted by atomic mass is 10.1. The van der Waals surface area contributed by atoms with Gasteiger partial charge in [0.15, 0.2) is 0 Å². The van der Waals surface area contributed by atoms with Crippen LogP contribution in [-0.2, 0) is 0 Å². The minimum Gasteiger partial charge on any atom is -0.497 e. The van der Waals surface area contributed by atoms with Crippen molar-refractivity contribution in [1.82, 2.24) is 0 Å². The van der Waals surface area contributed by atoms with Gasteiger partial charge in [0.05, 0.1) is 30.0 Å². The van der Waals surface area contributed by atoms with E-state index in [-0.39, 0.29) is 11.8 Å². The third kappa shape index (κ3) is 4.34. The standard InChI is InChI=1S/C22H17N3O3/c1-28-18-11-9-16(10-12-18)21(26)25-20-8-3-2-7-19(20)22(27)24-17-6-4-5-15(13-17)14-23/h2-13H,1H3,(H,24,27)(H,25,26). The number of benzene rings is 3. The Morgan fingerprint density at radius 2 is 1.64 bits per heavy atom. The first-order valence-electron chi connectivity index (χ1n) is 8.46. The Labute approximate surface area is 162 Å². The van der Waals surface area contributed by atoms with Crippen molar-refractivity contribution < 1.29 is 14.3 Å². The summed E-state index contributed by atoms with van der Waals surface area (Å²) in [7, 11) is 1.55. The van der Waals surface area contributed by atoms with Crippen molar-refractivity contribution in [3.63, 3.8) is 0 Å². The van der Waals surface area contributed by atoms with Crippen LogP contribution in [0.2, 0.25) is 0 Å². The van der Waals surface area contributed by atoms with Crippen LogP contribution in [0.15, 0.2) is 72.8 Å². The van der Waals surface area contributed by atoms with Gasteiger partial charge < -0.3 is 15.4 Å². The van der Waals surface area contributed by atoms with Gasteiger partial charge in [-0.25, -0.2) is 0 Å². The second kappa shape index (κ2) is 8.52. The molecule has 28 heavy (non-hydrogen) atoms. The van der Waals surface area contributed by atoms with Gasteiger partial charge in [-0.15, -0.1) is 0 Å². The first-order chi connectivity index (χ1) is 13.6. The van der Waals surface area contributed by atoms with Crippen molar-refractivity contribution in [2.24, 2.45) is 0 Å². The molecule has 0 aliphatic rings. The second-order valence-corrected chi connectivity index (χ2v) is 5.87. The largest absolute Gasteiger partial charge is 0.497 e. The van der Waals surface area contributed by atoms with Crippen molar-refractivity contribution in [3.05, 3.63) is 89.5 Å². The number of carbonyl (C=O) groups excluding carboxylic acids is 2. The Hall–Kier alpha value is -4.11. The number of nitrogens with zero attached hydrogens (tertiary/aromatic N) is 1. The van der Waals surface area contributed by atoms with Crippen molar-refractivity contribution in [1.29, 1.82) is 5.26 Å². The summed E-state index contributed by atoms with van der Waals surface area (Å²) in [5.41, 5.74) is 2.08. The van der Waals surface area contributed by atoms with Gasteiger partial charge in [-0.1, -0.05) is 18.2 Å². The number of nitriles is 1. The summed E-state index contributed by atoms with van der Waals surface area (Å²) in [6.45, 7) is 0. The Morgan fingerprint density at radius 3 is 2.36 bits per heavy atom. The predicted octanol–water partition coefficient (Wildman–Crippen LogP) is 4.07. The summed E-state index contributed by atoms with van der Waals surface area (Å²) < 4.78 is 5.09. The molecule has 0 spiro atoms. The summed E-state index contributed by atoms with van der Waals surface area (Å²) in [5, 5.41) is 14.5. The van der Waals surface area contributed by atoms with E-state index in [1.54, 1.807) is 79.9 Å². The number of hydrogen-bond donors (Lipinski definition) is 2. The number of carbonyl (C=O) groups is 2. The van der Waals surface area contributed by atoms with Crippen molar-refractivity contribution in [3.8, 4) is 11.8 Å². The number of nitrogens with one attached hydrogen (secondary N) is 2. The highest BCUT2D eigenvalue weighted by Gasteiger charge is 2.14. The fraction of sp³-hybridized carbons (Fsp3) is 0.0455. The average Bonchev–Trinajstić information content (AvgIpc) is 2.74. The summed E-state index contributed by atoms with van der Waals surface area (Å²) in [4.78, 5) is 25.2. The van der Waals surface area contributed by atoms with Crippen LogP contribution in [0.1, 0.15) is 26.3 Å². The van der Waals surface area contributed by atoms with Crippen LogP contribution in [0, 0.1) is 11.3 Å². The number of hydrogen-bond acceptors (Lipinski definition) is 4. The zero-order chi connectivity index (χ0) is 19.9. The highest BCUT2D eigenvalue weighted by molar-refractivity contribution is 6.12. The van der Waals surface area contributed by atoms with Gasteiger partial charge in [0, 0.05) is 11.3 Å². The van der Waals surface area contributed by atoms with Crippen LogP contribution in [0.5, 0.6) is 5.75 Å². The van der Waals surface area contributed by atoms with Gasteiger partial charge >= 0.3 is 0 Å². The molecule has 0 saturated heterocycles. The fourth-order valence-electron chi connectivity index (χ4n) is 2.59. The van der Waals surface area contributed by atoms with Crippen molar-refractivity contribution in [2.45, 2.75) is 0 Å². The van der Waals surface area contributed by atoms with Crippen molar-refractivity contribution in [2.75, 3.05) is 17.7 Å². The maximum absolute atomic E-state index is 12.7. The zero-order valence-corrected chi connectivity index (χ0v) is 15.1. The number of rotatable bonds is 5. The molecule has 6 heteroatoms. The van der Waals surface area contributed by atoms with Gasteiger partial charge in [0.25, 0.3) is 11.8 Å². The van der Waals surface area contributed by atoms with E-state index in [0.29, 0.717) is 33.8 Å². The molecule has 0 bridgehead atoms. The van der Waals surface area contributed by atoms with E-state index in [0.717, 1.165) is 0 Å². The fourth-order valence-corrected chi connectivity index (χ4v) is 2.59. The molecule has 138 valence electrons. The SMILES string of the molecule is COc1ccc(C(=O)Nc2ccccc2C(=O)Nc2cccc(C#N)c2)cc1. The summed E-state index contributed by atoms with van der Waals surface area (Å²) in [6, 6.07) is 22.0. The summed E-state index contributed by atoms with van der Waals surface area (Å²) >= 11 is 0. The van der Waals surface area contributed by atoms with Crippen LogP contribution < -0.4 is 15.4 Å². The van der Waals surface area contributed by atoms with Gasteiger partial charge in [-0.05, 0) is 54.6 Å². The summed E-state index contributed by atoms with van der Waals surface area (Å²) in [6.07, 6.45) is 0. The normalized spacial score (nSPS) is 9.86. The average molecular weight is 371 g/mol. The minimum atomic E-state index is -0.388. The molecule has 6 nitrogen and oxygen atoms in total. The number of ether oxygens (including phenoxy) is 1. The van der Waals surface area contributed by atoms with Gasteiger partial charge in [-0.3, -0.25) is 9.59 Å². The maximum atomic E-state index is 12.7. The van der Waals surface area contributed by atoms with Crippen LogP contribution >= 0.6 is 0 Å². The maximum Gasteiger partial charge on any atom is 0.257 e. The molecule has 0 aliphatic heterocycles. The lowest BCUT2D eigenvalue weighted by molar-refractivity contribution is 0.102. The van der Waals surface area contributed by atoms with E-state index in [4.69, 9.17) is 10.00 Å². The highest BCUT2D eigenvalue weighted by atomic mass is 16.5. The van der Waals surface area contributed by atoms with Crippen LogP contribution in [-0.4, -0.2) is 18.9 Å². The Morgan fingerprint density at radius 1 is 0.893 bits per heavy atom. The van der Waals surface area contributed by atoms with Crippen LogP contribution in [0.25, 0.3) is 0 Å². The van der Waals surface area contributed by atoms with E-state index >= 15 is 0 Å². The molecule has 0 saturated carbocycles. The van der Waals surface area contributed by atoms with Gasteiger partial charge in [0.2, 0.25) is 0 Å². The third-order valence-corrected chi connectivity index (χ3v) is 4.02. The third-order valence-electron chi connectivity index (χ3n) is 4.02. The monoisotopic (exact) mass is 371 g/mol. The highest BCUT2D eigenvalue weighted by Crippen LogP contribution is 2.20. The Kier molecular flexibility index (Phi) is 5.68. The lowest BCUT2D eigenvalue weighted by Crippen LogP contribution is -2.18.